The van der Waals surface area contributed by atoms with Gasteiger partial charge < -0.3 is 4.74 Å². The first-order valence-electron chi connectivity index (χ1n) is 8.30. The molecule has 0 aliphatic heterocycles. The highest BCUT2D eigenvalue weighted by Crippen LogP contribution is 2.27. The third-order valence-electron chi connectivity index (χ3n) is 3.99. The topological polar surface area (TPSA) is 42.8 Å². The summed E-state index contributed by atoms with van der Waals surface area (Å²) >= 11 is 17.4. The molecule has 7 heteroatoms. The molecule has 2 aromatic carbocycles. The lowest BCUT2D eigenvalue weighted by molar-refractivity contribution is 0.309. The van der Waals surface area contributed by atoms with Crippen LogP contribution in [0.4, 0.5) is 0 Å². The number of halogens is 2. The zero-order chi connectivity index (χ0) is 18.5. The van der Waals surface area contributed by atoms with E-state index in [-0.39, 0.29) is 0 Å². The van der Waals surface area contributed by atoms with Crippen molar-refractivity contribution in [2.24, 2.45) is 0 Å². The van der Waals surface area contributed by atoms with Gasteiger partial charge in [-0.15, -0.1) is 0 Å². The summed E-state index contributed by atoms with van der Waals surface area (Å²) in [5, 5.41) is 8.34. The number of aromatic nitrogens is 3. The monoisotopic (exact) mass is 407 g/mol. The molecule has 4 nitrogen and oxygen atoms in total. The summed E-state index contributed by atoms with van der Waals surface area (Å²) in [6.07, 6.45) is 1.55. The lowest BCUT2D eigenvalue weighted by atomic mass is 10.1. The number of hydrogen-bond donors (Lipinski definition) is 1. The van der Waals surface area contributed by atoms with Crippen molar-refractivity contribution < 1.29 is 4.74 Å². The molecule has 136 valence electrons. The second-order valence-electron chi connectivity index (χ2n) is 6.04. The van der Waals surface area contributed by atoms with Gasteiger partial charge >= 0.3 is 0 Å². The lowest BCUT2D eigenvalue weighted by Gasteiger charge is -2.09. The van der Waals surface area contributed by atoms with Crippen LogP contribution < -0.4 is 4.74 Å². The Hall–Kier alpha value is -1.82. The molecule has 0 bridgehead atoms. The van der Waals surface area contributed by atoms with Crippen molar-refractivity contribution in [2.45, 2.75) is 26.3 Å². The predicted octanol–water partition coefficient (Wildman–Crippen LogP) is 5.62. The normalized spacial score (nSPS) is 10.9. The first-order chi connectivity index (χ1) is 12.5. The van der Waals surface area contributed by atoms with Crippen molar-refractivity contribution in [1.29, 1.82) is 0 Å². The molecule has 0 fully saturated rings. The summed E-state index contributed by atoms with van der Waals surface area (Å²) in [4.78, 5) is 0. The van der Waals surface area contributed by atoms with Gasteiger partial charge in [0, 0.05) is 11.4 Å². The molecule has 3 aromatic rings. The number of aryl methyl sites for hydroxylation is 2. The summed E-state index contributed by atoms with van der Waals surface area (Å²) in [5.74, 6) is 1.55. The summed E-state index contributed by atoms with van der Waals surface area (Å²) in [5.41, 5.74) is 2.43. The van der Waals surface area contributed by atoms with Crippen LogP contribution in [0.5, 0.6) is 5.75 Å². The van der Waals surface area contributed by atoms with Crippen molar-refractivity contribution >= 4 is 35.4 Å². The van der Waals surface area contributed by atoms with Crippen LogP contribution in [-0.4, -0.2) is 21.4 Å². The minimum absolute atomic E-state index is 0.513. The maximum Gasteiger partial charge on any atom is 0.195 e. The fraction of sp³-hybridized carbons (Fsp3) is 0.263. The number of nitrogens with zero attached hydrogens (tertiary/aromatic N) is 2. The maximum absolute atomic E-state index is 6.11. The number of rotatable bonds is 7. The van der Waals surface area contributed by atoms with E-state index in [4.69, 9.17) is 40.2 Å². The lowest BCUT2D eigenvalue weighted by Crippen LogP contribution is -2.08. The van der Waals surface area contributed by atoms with Crippen LogP contribution in [-0.2, 0) is 13.0 Å². The Morgan fingerprint density at radius 2 is 1.92 bits per heavy atom. The quantitative estimate of drug-likeness (QED) is 0.408. The third kappa shape index (κ3) is 4.87. The average molecular weight is 408 g/mol. The first-order valence-corrected chi connectivity index (χ1v) is 9.47. The third-order valence-corrected chi connectivity index (χ3v) is 4.84. The van der Waals surface area contributed by atoms with Crippen LogP contribution in [0.3, 0.4) is 0 Å². The van der Waals surface area contributed by atoms with Gasteiger partial charge in [0.1, 0.15) is 11.6 Å². The first kappa shape index (κ1) is 19.0. The van der Waals surface area contributed by atoms with E-state index in [9.17, 15) is 0 Å². The molecule has 26 heavy (non-hydrogen) atoms. The molecule has 0 aliphatic carbocycles. The molecule has 0 amide bonds. The van der Waals surface area contributed by atoms with E-state index in [1.165, 1.54) is 11.1 Å². The molecule has 1 heterocycles. The largest absolute Gasteiger partial charge is 0.492 e. The summed E-state index contributed by atoms with van der Waals surface area (Å²) in [6.45, 7) is 3.31. The molecule has 0 atom stereocenters. The molecule has 0 saturated heterocycles. The smallest absolute Gasteiger partial charge is 0.195 e. The van der Waals surface area contributed by atoms with Gasteiger partial charge in [-0.3, -0.25) is 9.67 Å². The van der Waals surface area contributed by atoms with Gasteiger partial charge in [-0.05, 0) is 49.3 Å². The standard InChI is InChI=1S/C19H19Cl2N3OS/c1-13-4-6-14(7-5-13)12-24-18(22-23-19(24)26)3-2-10-25-17-9-8-15(20)11-16(17)21/h4-9,11H,2-3,10,12H2,1H3,(H,23,26). The van der Waals surface area contributed by atoms with Crippen LogP contribution in [0, 0.1) is 11.7 Å². The van der Waals surface area contributed by atoms with Crippen LogP contribution in [0.25, 0.3) is 0 Å². The van der Waals surface area contributed by atoms with E-state index in [1.54, 1.807) is 18.2 Å². The van der Waals surface area contributed by atoms with Gasteiger partial charge in [0.05, 0.1) is 18.2 Å². The number of nitrogens with one attached hydrogen (secondary N) is 1. The van der Waals surface area contributed by atoms with E-state index < -0.39 is 0 Å². The van der Waals surface area contributed by atoms with Gasteiger partial charge in [0.15, 0.2) is 4.77 Å². The average Bonchev–Trinajstić information content (AvgIpc) is 2.95. The Balaban J connectivity index is 1.58. The van der Waals surface area contributed by atoms with Gasteiger partial charge in [-0.25, -0.2) is 0 Å². The van der Waals surface area contributed by atoms with Crippen molar-refractivity contribution in [3.05, 3.63) is 74.2 Å². The zero-order valence-corrected chi connectivity index (χ0v) is 16.7. The number of aromatic amines is 1. The van der Waals surface area contributed by atoms with Crippen molar-refractivity contribution in [2.75, 3.05) is 6.61 Å². The van der Waals surface area contributed by atoms with Crippen molar-refractivity contribution in [3.8, 4) is 5.75 Å². The SMILES string of the molecule is Cc1ccc(Cn2c(CCCOc3ccc(Cl)cc3Cl)n[nH]c2=S)cc1. The van der Waals surface area contributed by atoms with Gasteiger partial charge in [-0.2, -0.15) is 5.10 Å². The van der Waals surface area contributed by atoms with Crippen LogP contribution in [0.2, 0.25) is 10.0 Å². The summed E-state index contributed by atoms with van der Waals surface area (Å²) < 4.78 is 8.38. The minimum Gasteiger partial charge on any atom is -0.492 e. The number of ether oxygens (including phenoxy) is 1. The maximum atomic E-state index is 6.11. The molecule has 0 spiro atoms. The molecule has 0 radical (unpaired) electrons. The summed E-state index contributed by atoms with van der Waals surface area (Å²) in [7, 11) is 0. The second-order valence-corrected chi connectivity index (χ2v) is 7.27. The van der Waals surface area contributed by atoms with Gasteiger partial charge in [-0.1, -0.05) is 53.0 Å². The Morgan fingerprint density at radius 3 is 2.65 bits per heavy atom. The van der Waals surface area contributed by atoms with E-state index >= 15 is 0 Å². The second kappa shape index (κ2) is 8.71. The fourth-order valence-electron chi connectivity index (χ4n) is 2.58. The molecular weight excluding hydrogens is 389 g/mol. The van der Waals surface area contributed by atoms with Crippen molar-refractivity contribution in [1.82, 2.24) is 14.8 Å². The van der Waals surface area contributed by atoms with Crippen LogP contribution in [0.1, 0.15) is 23.4 Å². The highest BCUT2D eigenvalue weighted by molar-refractivity contribution is 7.71. The predicted molar refractivity (Wildman–Crippen MR) is 108 cm³/mol. The van der Waals surface area contributed by atoms with E-state index in [0.717, 1.165) is 18.7 Å². The molecule has 0 saturated carbocycles. The van der Waals surface area contributed by atoms with E-state index in [1.807, 2.05) is 4.57 Å². The van der Waals surface area contributed by atoms with Crippen LogP contribution >= 0.6 is 35.4 Å². The number of hydrogen-bond acceptors (Lipinski definition) is 3. The van der Waals surface area contributed by atoms with E-state index in [0.29, 0.717) is 33.7 Å². The molecule has 0 aliphatic rings. The van der Waals surface area contributed by atoms with E-state index in [2.05, 4.69) is 41.4 Å². The minimum atomic E-state index is 0.513. The highest BCUT2D eigenvalue weighted by atomic mass is 35.5. The Labute approximate surface area is 167 Å². The number of benzene rings is 2. The van der Waals surface area contributed by atoms with Gasteiger partial charge in [0.2, 0.25) is 0 Å². The molecule has 3 rings (SSSR count). The van der Waals surface area contributed by atoms with Crippen molar-refractivity contribution in [3.63, 3.8) is 0 Å². The number of H-pyrrole nitrogens is 1. The Bertz CT molecular complexity index is 935. The van der Waals surface area contributed by atoms with Crippen LogP contribution in [0.15, 0.2) is 42.5 Å². The molecule has 1 N–H and O–H groups in total. The summed E-state index contributed by atoms with van der Waals surface area (Å²) in [6, 6.07) is 13.6. The molecule has 1 aromatic heterocycles. The zero-order valence-electron chi connectivity index (χ0n) is 14.3. The highest BCUT2D eigenvalue weighted by Gasteiger charge is 2.08. The Morgan fingerprint density at radius 1 is 1.15 bits per heavy atom. The Kier molecular flexibility index (Phi) is 6.35. The molecule has 0 unspecified atom stereocenters. The molecular formula is C19H19Cl2N3OS. The van der Waals surface area contributed by atoms with Gasteiger partial charge in [0.25, 0.3) is 0 Å². The fourth-order valence-corrected chi connectivity index (χ4v) is 3.26.